The Bertz CT molecular complexity index is 1320. The van der Waals surface area contributed by atoms with Crippen molar-refractivity contribution in [2.24, 2.45) is 0 Å². The van der Waals surface area contributed by atoms with Gasteiger partial charge in [0.1, 0.15) is 11.6 Å². The third kappa shape index (κ3) is 4.67. The second-order valence-corrected chi connectivity index (χ2v) is 6.91. The van der Waals surface area contributed by atoms with Gasteiger partial charge in [0, 0.05) is 53.2 Å². The number of nitrogens with one attached hydrogen (secondary N) is 2. The van der Waals surface area contributed by atoms with Gasteiger partial charge in [-0.2, -0.15) is 4.98 Å². The third-order valence-corrected chi connectivity index (χ3v) is 4.88. The van der Waals surface area contributed by atoms with Gasteiger partial charge in [-0.15, -0.1) is 0 Å². The average Bonchev–Trinajstić information content (AvgIpc) is 3.19. The Morgan fingerprint density at radius 3 is 2.52 bits per heavy atom. The lowest BCUT2D eigenvalue weighted by atomic mass is 10.2. The number of halogens is 1. The molecule has 0 aliphatic rings. The van der Waals surface area contributed by atoms with Gasteiger partial charge in [0.15, 0.2) is 0 Å². The topological polar surface area (TPSA) is 85.0 Å². The number of ether oxygens (including phenoxy) is 2. The molecule has 156 valence electrons. The second kappa shape index (κ2) is 9.32. The van der Waals surface area contributed by atoms with E-state index in [4.69, 9.17) is 21.1 Å². The van der Waals surface area contributed by atoms with Crippen LogP contribution in [0.2, 0.25) is 5.02 Å². The smallest absolute Gasteiger partial charge is 0.214 e. The third-order valence-electron chi connectivity index (χ3n) is 4.58. The van der Waals surface area contributed by atoms with E-state index in [0.717, 1.165) is 27.9 Å². The zero-order valence-electron chi connectivity index (χ0n) is 17.0. The molecule has 0 atom stereocenters. The zero-order valence-corrected chi connectivity index (χ0v) is 17.7. The first-order valence-electron chi connectivity index (χ1n) is 9.45. The number of nitrogens with zero attached hydrogens (tertiary/aromatic N) is 3. The van der Waals surface area contributed by atoms with E-state index in [2.05, 4.69) is 31.3 Å². The van der Waals surface area contributed by atoms with Gasteiger partial charge in [0.2, 0.25) is 5.88 Å². The number of aromatic amines is 1. The first-order chi connectivity index (χ1) is 15.2. The SMILES string of the molecule is COc1ccc2c(c1)[nH]c1ccncc12.COc1cccc(Nc2ccncc2Cl)n1. The number of hydrogen-bond acceptors (Lipinski definition) is 6. The summed E-state index contributed by atoms with van der Waals surface area (Å²) in [7, 11) is 3.25. The van der Waals surface area contributed by atoms with Crippen LogP contribution in [0.3, 0.4) is 0 Å². The Morgan fingerprint density at radius 2 is 1.71 bits per heavy atom. The van der Waals surface area contributed by atoms with Gasteiger partial charge in [0.05, 0.1) is 30.4 Å². The summed E-state index contributed by atoms with van der Waals surface area (Å²) in [5.41, 5.74) is 2.95. The molecular formula is C23H20ClN5O2. The Morgan fingerprint density at radius 1 is 0.871 bits per heavy atom. The molecule has 0 unspecified atom stereocenters. The molecule has 0 amide bonds. The Labute approximate surface area is 184 Å². The molecule has 0 radical (unpaired) electrons. The molecule has 0 saturated carbocycles. The Balaban J connectivity index is 0.000000149. The summed E-state index contributed by atoms with van der Waals surface area (Å²) in [6, 6.07) is 15.2. The van der Waals surface area contributed by atoms with E-state index in [1.165, 1.54) is 5.39 Å². The van der Waals surface area contributed by atoms with E-state index >= 15 is 0 Å². The van der Waals surface area contributed by atoms with Crippen LogP contribution < -0.4 is 14.8 Å². The van der Waals surface area contributed by atoms with Gasteiger partial charge < -0.3 is 19.8 Å². The molecule has 5 aromatic rings. The van der Waals surface area contributed by atoms with Crippen LogP contribution in [0.1, 0.15) is 0 Å². The van der Waals surface area contributed by atoms with Crippen molar-refractivity contribution in [3.63, 3.8) is 0 Å². The molecule has 2 N–H and O–H groups in total. The molecule has 0 aliphatic carbocycles. The van der Waals surface area contributed by atoms with Crippen molar-refractivity contribution >= 4 is 44.9 Å². The summed E-state index contributed by atoms with van der Waals surface area (Å²) in [5.74, 6) is 2.09. The van der Waals surface area contributed by atoms with Crippen LogP contribution in [0.25, 0.3) is 21.8 Å². The van der Waals surface area contributed by atoms with Crippen LogP contribution in [-0.2, 0) is 0 Å². The van der Waals surface area contributed by atoms with E-state index < -0.39 is 0 Å². The fourth-order valence-corrected chi connectivity index (χ4v) is 3.23. The summed E-state index contributed by atoms with van der Waals surface area (Å²) < 4.78 is 10.2. The largest absolute Gasteiger partial charge is 0.497 e. The quantitative estimate of drug-likeness (QED) is 0.383. The van der Waals surface area contributed by atoms with Crippen molar-refractivity contribution in [3.8, 4) is 11.6 Å². The number of fused-ring (bicyclic) bond motifs is 3. The predicted molar refractivity (Wildman–Crippen MR) is 123 cm³/mol. The van der Waals surface area contributed by atoms with Crippen LogP contribution in [0.15, 0.2) is 73.3 Å². The van der Waals surface area contributed by atoms with Gasteiger partial charge in [-0.05, 0) is 30.3 Å². The van der Waals surface area contributed by atoms with Gasteiger partial charge in [-0.1, -0.05) is 17.7 Å². The molecule has 0 spiro atoms. The molecule has 0 bridgehead atoms. The van der Waals surface area contributed by atoms with Crippen molar-refractivity contribution in [1.29, 1.82) is 0 Å². The van der Waals surface area contributed by atoms with Crippen LogP contribution in [0, 0.1) is 0 Å². The molecule has 31 heavy (non-hydrogen) atoms. The molecule has 5 rings (SSSR count). The maximum absolute atomic E-state index is 5.96. The normalized spacial score (nSPS) is 10.4. The standard InChI is InChI=1S/C12H10N2O.C11H10ClN3O/c1-15-8-2-3-9-10-7-13-5-4-11(10)14-12(9)6-8;1-16-11-4-2-3-10(15-11)14-9-5-6-13-7-8(9)12/h2-7,14H,1H3;2-7H,1H3,(H,13,14,15). The lowest BCUT2D eigenvalue weighted by Crippen LogP contribution is -1.96. The molecule has 4 aromatic heterocycles. The van der Waals surface area contributed by atoms with Crippen LogP contribution in [0.5, 0.6) is 11.6 Å². The number of rotatable bonds is 4. The first kappa shape index (κ1) is 20.4. The molecule has 0 saturated heterocycles. The number of benzene rings is 1. The zero-order chi connectivity index (χ0) is 21.6. The highest BCUT2D eigenvalue weighted by Gasteiger charge is 2.04. The van der Waals surface area contributed by atoms with Gasteiger partial charge in [-0.3, -0.25) is 9.97 Å². The lowest BCUT2D eigenvalue weighted by molar-refractivity contribution is 0.398. The number of pyridine rings is 3. The molecule has 0 fully saturated rings. The van der Waals surface area contributed by atoms with Gasteiger partial charge >= 0.3 is 0 Å². The van der Waals surface area contributed by atoms with Crippen molar-refractivity contribution < 1.29 is 9.47 Å². The molecule has 8 heteroatoms. The maximum Gasteiger partial charge on any atom is 0.214 e. The molecule has 1 aromatic carbocycles. The lowest BCUT2D eigenvalue weighted by Gasteiger charge is -2.07. The van der Waals surface area contributed by atoms with Crippen molar-refractivity contribution in [1.82, 2.24) is 19.9 Å². The minimum absolute atomic E-state index is 0.548. The monoisotopic (exact) mass is 433 g/mol. The van der Waals surface area contributed by atoms with Crippen molar-refractivity contribution in [3.05, 3.63) is 78.3 Å². The summed E-state index contributed by atoms with van der Waals surface area (Å²) in [6.07, 6.45) is 6.90. The fraction of sp³-hybridized carbons (Fsp3) is 0.0870. The van der Waals surface area contributed by atoms with Crippen molar-refractivity contribution in [2.45, 2.75) is 0 Å². The van der Waals surface area contributed by atoms with E-state index in [1.54, 1.807) is 44.9 Å². The van der Waals surface area contributed by atoms with Crippen LogP contribution >= 0.6 is 11.6 Å². The number of anilines is 2. The number of hydrogen-bond donors (Lipinski definition) is 2. The number of aromatic nitrogens is 4. The van der Waals surface area contributed by atoms with Gasteiger partial charge in [0.25, 0.3) is 0 Å². The molecular weight excluding hydrogens is 414 g/mol. The van der Waals surface area contributed by atoms with E-state index in [-0.39, 0.29) is 0 Å². The van der Waals surface area contributed by atoms with Crippen LogP contribution in [0.4, 0.5) is 11.5 Å². The summed E-state index contributed by atoms with van der Waals surface area (Å²) in [4.78, 5) is 15.6. The highest BCUT2D eigenvalue weighted by atomic mass is 35.5. The highest BCUT2D eigenvalue weighted by Crippen LogP contribution is 2.27. The Hall–Kier alpha value is -3.84. The summed E-state index contributed by atoms with van der Waals surface area (Å²) in [5, 5.41) is 5.96. The average molecular weight is 434 g/mol. The molecule has 7 nitrogen and oxygen atoms in total. The van der Waals surface area contributed by atoms with E-state index in [9.17, 15) is 0 Å². The fourth-order valence-electron chi connectivity index (χ4n) is 3.06. The van der Waals surface area contributed by atoms with Gasteiger partial charge in [-0.25, -0.2) is 0 Å². The van der Waals surface area contributed by atoms with E-state index in [1.807, 2.05) is 36.5 Å². The predicted octanol–water partition coefficient (Wildman–Crippen LogP) is 5.61. The first-order valence-corrected chi connectivity index (χ1v) is 9.83. The minimum atomic E-state index is 0.548. The molecule has 4 heterocycles. The maximum atomic E-state index is 5.96. The molecule has 0 aliphatic heterocycles. The Kier molecular flexibility index (Phi) is 6.14. The second-order valence-electron chi connectivity index (χ2n) is 6.50. The summed E-state index contributed by atoms with van der Waals surface area (Å²) >= 11 is 5.96. The highest BCUT2D eigenvalue weighted by molar-refractivity contribution is 6.33. The van der Waals surface area contributed by atoms with E-state index in [0.29, 0.717) is 16.7 Å². The minimum Gasteiger partial charge on any atom is -0.497 e. The van der Waals surface area contributed by atoms with Crippen molar-refractivity contribution in [2.75, 3.05) is 19.5 Å². The van der Waals surface area contributed by atoms with Crippen LogP contribution in [-0.4, -0.2) is 34.2 Å². The summed E-state index contributed by atoms with van der Waals surface area (Å²) in [6.45, 7) is 0. The number of methoxy groups -OCH3 is 2. The number of H-pyrrole nitrogens is 1.